The number of hydrogen-bond acceptors (Lipinski definition) is 2. The third kappa shape index (κ3) is 3.17. The Morgan fingerprint density at radius 3 is 2.58 bits per heavy atom. The second-order valence-corrected chi connectivity index (χ2v) is 6.41. The Kier molecular flexibility index (Phi) is 4.27. The van der Waals surface area contributed by atoms with Crippen LogP contribution in [0.5, 0.6) is 0 Å². The monoisotopic (exact) mass is 293 g/mol. The third-order valence-electron chi connectivity index (χ3n) is 3.00. The Morgan fingerprint density at radius 2 is 2.00 bits per heavy atom. The molecule has 0 saturated carbocycles. The number of carbonyl (C=O) groups is 1. The Balaban J connectivity index is 2.15. The Labute approximate surface area is 122 Å². The van der Waals surface area contributed by atoms with Crippen LogP contribution in [-0.2, 0) is 0 Å². The second kappa shape index (κ2) is 5.76. The molecule has 1 aromatic carbocycles. The smallest absolute Gasteiger partial charge is 0.252 e. The van der Waals surface area contributed by atoms with E-state index in [9.17, 15) is 4.79 Å². The Morgan fingerprint density at radius 1 is 1.32 bits per heavy atom. The summed E-state index contributed by atoms with van der Waals surface area (Å²) in [4.78, 5) is 14.4. The summed E-state index contributed by atoms with van der Waals surface area (Å²) in [6.07, 6.45) is 0. The van der Waals surface area contributed by atoms with Gasteiger partial charge in [0.2, 0.25) is 0 Å². The number of halogens is 1. The van der Waals surface area contributed by atoms with Crippen LogP contribution in [0.1, 0.15) is 38.6 Å². The van der Waals surface area contributed by atoms with E-state index >= 15 is 0 Å². The van der Waals surface area contributed by atoms with Crippen molar-refractivity contribution in [2.75, 3.05) is 0 Å². The maximum Gasteiger partial charge on any atom is 0.252 e. The van der Waals surface area contributed by atoms with Crippen molar-refractivity contribution in [3.8, 4) is 0 Å². The van der Waals surface area contributed by atoms with Crippen LogP contribution < -0.4 is 5.32 Å². The van der Waals surface area contributed by atoms with Gasteiger partial charge in [-0.3, -0.25) is 4.79 Å². The summed E-state index contributed by atoms with van der Waals surface area (Å²) >= 11 is 7.77. The van der Waals surface area contributed by atoms with E-state index in [0.717, 1.165) is 20.9 Å². The molecule has 1 unspecified atom stereocenters. The number of carbonyl (C=O) groups excluding carboxylic acids is 1. The van der Waals surface area contributed by atoms with Gasteiger partial charge in [-0.25, -0.2) is 0 Å². The van der Waals surface area contributed by atoms with Crippen molar-refractivity contribution >= 4 is 28.8 Å². The predicted molar refractivity (Wildman–Crippen MR) is 81.1 cm³/mol. The van der Waals surface area contributed by atoms with E-state index in [-0.39, 0.29) is 11.9 Å². The first-order valence-electron chi connectivity index (χ1n) is 6.11. The van der Waals surface area contributed by atoms with Crippen LogP contribution in [0.2, 0.25) is 5.02 Å². The number of benzene rings is 1. The fourth-order valence-corrected chi connectivity index (χ4v) is 3.26. The molecule has 2 rings (SSSR count). The normalized spacial score (nSPS) is 12.2. The molecule has 1 amide bonds. The molecule has 0 bridgehead atoms. The van der Waals surface area contributed by atoms with Crippen molar-refractivity contribution in [3.05, 3.63) is 56.2 Å². The fraction of sp³-hybridized carbons (Fsp3) is 0.267. The molecule has 1 atom stereocenters. The number of nitrogens with one attached hydrogen (secondary N) is 1. The van der Waals surface area contributed by atoms with Crippen molar-refractivity contribution in [3.63, 3.8) is 0 Å². The zero-order valence-corrected chi connectivity index (χ0v) is 12.7. The van der Waals surface area contributed by atoms with Crippen molar-refractivity contribution in [2.24, 2.45) is 0 Å². The quantitative estimate of drug-likeness (QED) is 0.886. The summed E-state index contributed by atoms with van der Waals surface area (Å²) in [5.74, 6) is -0.0470. The molecular weight excluding hydrogens is 278 g/mol. The number of hydrogen-bond donors (Lipinski definition) is 1. The molecule has 0 aliphatic rings. The highest BCUT2D eigenvalue weighted by Gasteiger charge is 2.16. The summed E-state index contributed by atoms with van der Waals surface area (Å²) in [5, 5.41) is 3.67. The number of rotatable bonds is 3. The molecular formula is C15H16ClNOS. The van der Waals surface area contributed by atoms with Gasteiger partial charge in [0, 0.05) is 14.8 Å². The van der Waals surface area contributed by atoms with Crippen molar-refractivity contribution < 1.29 is 4.79 Å². The maximum atomic E-state index is 12.2. The fourth-order valence-electron chi connectivity index (χ4n) is 2.03. The number of amides is 1. The van der Waals surface area contributed by atoms with E-state index < -0.39 is 0 Å². The summed E-state index contributed by atoms with van der Waals surface area (Å²) in [7, 11) is 0. The molecule has 0 aliphatic heterocycles. The number of thiophene rings is 1. The molecule has 4 heteroatoms. The van der Waals surface area contributed by atoms with E-state index in [1.807, 2.05) is 51.1 Å². The van der Waals surface area contributed by atoms with E-state index in [1.165, 1.54) is 0 Å². The average Bonchev–Trinajstić information content (AvgIpc) is 2.69. The highest BCUT2D eigenvalue weighted by atomic mass is 35.5. The van der Waals surface area contributed by atoms with E-state index in [4.69, 9.17) is 11.6 Å². The van der Waals surface area contributed by atoms with E-state index in [2.05, 4.69) is 5.32 Å². The minimum absolute atomic E-state index is 0.0470. The lowest BCUT2D eigenvalue weighted by atomic mass is 10.1. The Bertz CT molecular complexity index is 606. The SMILES string of the molecule is Cc1cc(C(=O)NC(C)c2ccccc2Cl)c(C)s1. The molecule has 0 aliphatic carbocycles. The lowest BCUT2D eigenvalue weighted by molar-refractivity contribution is 0.0940. The van der Waals surface area contributed by atoms with Gasteiger partial charge in [-0.2, -0.15) is 0 Å². The molecule has 0 spiro atoms. The Hall–Kier alpha value is -1.32. The second-order valence-electron chi connectivity index (χ2n) is 4.54. The van der Waals surface area contributed by atoms with E-state index in [1.54, 1.807) is 11.3 Å². The zero-order chi connectivity index (χ0) is 14.0. The van der Waals surface area contributed by atoms with Crippen LogP contribution in [0.25, 0.3) is 0 Å². The van der Waals surface area contributed by atoms with Crippen LogP contribution in [0.4, 0.5) is 0 Å². The molecule has 2 aromatic rings. The van der Waals surface area contributed by atoms with Gasteiger partial charge >= 0.3 is 0 Å². The maximum absolute atomic E-state index is 12.2. The molecule has 2 nitrogen and oxygen atoms in total. The molecule has 0 saturated heterocycles. The summed E-state index contributed by atoms with van der Waals surface area (Å²) in [5.41, 5.74) is 1.68. The molecule has 1 aromatic heterocycles. The highest BCUT2D eigenvalue weighted by molar-refractivity contribution is 7.12. The first-order valence-corrected chi connectivity index (χ1v) is 7.31. The number of aryl methyl sites for hydroxylation is 2. The molecule has 0 radical (unpaired) electrons. The molecule has 0 fully saturated rings. The molecule has 19 heavy (non-hydrogen) atoms. The predicted octanol–water partition coefficient (Wildman–Crippen LogP) is 4.51. The zero-order valence-electron chi connectivity index (χ0n) is 11.2. The molecule has 100 valence electrons. The lowest BCUT2D eigenvalue weighted by Gasteiger charge is -2.15. The highest BCUT2D eigenvalue weighted by Crippen LogP contribution is 2.24. The van der Waals surface area contributed by atoms with Crippen molar-refractivity contribution in [2.45, 2.75) is 26.8 Å². The molecule has 1 heterocycles. The van der Waals surface area contributed by atoms with Crippen molar-refractivity contribution in [1.82, 2.24) is 5.32 Å². The average molecular weight is 294 g/mol. The van der Waals surface area contributed by atoms with Gasteiger partial charge in [-0.1, -0.05) is 29.8 Å². The summed E-state index contributed by atoms with van der Waals surface area (Å²) < 4.78 is 0. The van der Waals surface area contributed by atoms with Crippen molar-refractivity contribution in [1.29, 1.82) is 0 Å². The third-order valence-corrected chi connectivity index (χ3v) is 4.32. The van der Waals surface area contributed by atoms with Gasteiger partial charge in [0.15, 0.2) is 0 Å². The first kappa shape index (κ1) is 14.1. The van der Waals surface area contributed by atoms with E-state index in [0.29, 0.717) is 5.02 Å². The van der Waals surface area contributed by atoms with Gasteiger partial charge in [-0.05, 0) is 38.5 Å². The van der Waals surface area contributed by atoms with Crippen LogP contribution in [-0.4, -0.2) is 5.91 Å². The van der Waals surface area contributed by atoms with Gasteiger partial charge < -0.3 is 5.32 Å². The van der Waals surface area contributed by atoms with Gasteiger partial charge in [-0.15, -0.1) is 11.3 Å². The van der Waals surface area contributed by atoms with Gasteiger partial charge in [0.05, 0.1) is 11.6 Å². The summed E-state index contributed by atoms with van der Waals surface area (Å²) in [6, 6.07) is 9.38. The largest absolute Gasteiger partial charge is 0.345 e. The van der Waals surface area contributed by atoms with Crippen LogP contribution in [0, 0.1) is 13.8 Å². The van der Waals surface area contributed by atoms with Crippen LogP contribution >= 0.6 is 22.9 Å². The van der Waals surface area contributed by atoms with Gasteiger partial charge in [0.25, 0.3) is 5.91 Å². The topological polar surface area (TPSA) is 29.1 Å². The minimum Gasteiger partial charge on any atom is -0.345 e. The minimum atomic E-state index is -0.110. The standard InChI is InChI=1S/C15H16ClNOS/c1-9-8-13(11(3)19-9)15(18)17-10(2)12-6-4-5-7-14(12)16/h4-8,10H,1-3H3,(H,17,18). The van der Waals surface area contributed by atoms with Crippen LogP contribution in [0.3, 0.4) is 0 Å². The van der Waals surface area contributed by atoms with Gasteiger partial charge in [0.1, 0.15) is 0 Å². The summed E-state index contributed by atoms with van der Waals surface area (Å²) in [6.45, 7) is 5.91. The molecule has 1 N–H and O–H groups in total. The first-order chi connectivity index (χ1) is 8.99. The lowest BCUT2D eigenvalue weighted by Crippen LogP contribution is -2.26. The van der Waals surface area contributed by atoms with Crippen LogP contribution in [0.15, 0.2) is 30.3 Å².